The molecular formula is C17H28Cl2N2O3. The predicted molar refractivity (Wildman–Crippen MR) is 102 cm³/mol. The predicted octanol–water partition coefficient (Wildman–Crippen LogP) is 5.21. The zero-order valence-corrected chi connectivity index (χ0v) is 16.6. The molecule has 0 unspecified atom stereocenters. The van der Waals surface area contributed by atoms with Crippen molar-refractivity contribution in [3.05, 3.63) is 30.3 Å². The maximum absolute atomic E-state index is 10.6. The molecule has 0 atom stereocenters. The van der Waals surface area contributed by atoms with Crippen LogP contribution in [-0.2, 0) is 4.74 Å². The minimum Gasteiger partial charge on any atom is -0.378 e. The van der Waals surface area contributed by atoms with E-state index in [9.17, 15) is 9.59 Å². The highest BCUT2D eigenvalue weighted by molar-refractivity contribution is 6.66. The van der Waals surface area contributed by atoms with Crippen LogP contribution in [0.3, 0.4) is 0 Å². The van der Waals surface area contributed by atoms with Crippen molar-refractivity contribution in [1.29, 1.82) is 0 Å². The standard InChI is InChI=1S/C8H8ClNO.C5H8ClNO2.2C2H6/c1-10(8(9)11)7-5-3-2-4-6-7;6-5(8)7-1-3-9-4-2-7;2*1-2/h2-6H,1H3;1-4H2;2*1-2H3. The molecule has 2 rings (SSSR count). The third kappa shape index (κ3) is 11.3. The number of rotatable bonds is 1. The number of ether oxygens (including phenoxy) is 1. The Labute approximate surface area is 155 Å². The number of amides is 2. The summed E-state index contributed by atoms with van der Waals surface area (Å²) in [5.41, 5.74) is 0.799. The van der Waals surface area contributed by atoms with Gasteiger partial charge in [-0.15, -0.1) is 0 Å². The van der Waals surface area contributed by atoms with E-state index >= 15 is 0 Å². The van der Waals surface area contributed by atoms with Gasteiger partial charge in [0.15, 0.2) is 0 Å². The lowest BCUT2D eigenvalue weighted by Gasteiger charge is -2.23. The second kappa shape index (κ2) is 16.6. The van der Waals surface area contributed by atoms with E-state index in [-0.39, 0.29) is 5.37 Å². The van der Waals surface area contributed by atoms with Crippen LogP contribution in [0.5, 0.6) is 0 Å². The van der Waals surface area contributed by atoms with Crippen molar-refractivity contribution in [3.8, 4) is 0 Å². The average molecular weight is 379 g/mol. The summed E-state index contributed by atoms with van der Waals surface area (Å²) in [6, 6.07) is 9.23. The largest absolute Gasteiger partial charge is 0.378 e. The van der Waals surface area contributed by atoms with Crippen LogP contribution < -0.4 is 4.90 Å². The molecular weight excluding hydrogens is 351 g/mol. The van der Waals surface area contributed by atoms with Gasteiger partial charge in [0.2, 0.25) is 0 Å². The van der Waals surface area contributed by atoms with Gasteiger partial charge in [-0.1, -0.05) is 45.9 Å². The summed E-state index contributed by atoms with van der Waals surface area (Å²) in [4.78, 5) is 24.0. The summed E-state index contributed by atoms with van der Waals surface area (Å²) in [7, 11) is 1.63. The molecule has 0 radical (unpaired) electrons. The molecule has 0 N–H and O–H groups in total. The van der Waals surface area contributed by atoms with Crippen LogP contribution in [0.2, 0.25) is 0 Å². The van der Waals surface area contributed by atoms with Crippen molar-refractivity contribution >= 4 is 39.6 Å². The second-order valence-electron chi connectivity index (χ2n) is 4.00. The van der Waals surface area contributed by atoms with E-state index in [1.165, 1.54) is 4.90 Å². The highest BCUT2D eigenvalue weighted by atomic mass is 35.5. The number of hydrogen-bond acceptors (Lipinski definition) is 3. The normalized spacial score (nSPS) is 12.2. The topological polar surface area (TPSA) is 49.9 Å². The van der Waals surface area contributed by atoms with Crippen molar-refractivity contribution in [2.75, 3.05) is 38.3 Å². The maximum atomic E-state index is 10.6. The quantitative estimate of drug-likeness (QED) is 0.497. The maximum Gasteiger partial charge on any atom is 0.320 e. The first-order chi connectivity index (χ1) is 11.5. The van der Waals surface area contributed by atoms with Gasteiger partial charge in [0.05, 0.1) is 13.2 Å². The fraction of sp³-hybridized carbons (Fsp3) is 0.529. The van der Waals surface area contributed by atoms with Crippen LogP contribution in [0.25, 0.3) is 0 Å². The number of nitrogens with zero attached hydrogens (tertiary/aromatic N) is 2. The Bertz CT molecular complexity index is 439. The van der Waals surface area contributed by atoms with Crippen LogP contribution in [0.4, 0.5) is 15.3 Å². The molecule has 24 heavy (non-hydrogen) atoms. The third-order valence-electron chi connectivity index (χ3n) is 2.67. The van der Waals surface area contributed by atoms with Gasteiger partial charge in [0.25, 0.3) is 0 Å². The van der Waals surface area contributed by atoms with Gasteiger partial charge in [-0.3, -0.25) is 9.59 Å². The molecule has 1 aliphatic rings. The molecule has 0 aromatic heterocycles. The molecule has 1 aromatic rings. The first-order valence-corrected chi connectivity index (χ1v) is 8.78. The summed E-state index contributed by atoms with van der Waals surface area (Å²) < 4.78 is 5.00. The van der Waals surface area contributed by atoms with Crippen LogP contribution in [-0.4, -0.2) is 49.0 Å². The smallest absolute Gasteiger partial charge is 0.320 e. The Kier molecular flexibility index (Phi) is 17.2. The molecule has 1 fully saturated rings. The first kappa shape index (κ1) is 24.9. The number of hydrogen-bond donors (Lipinski definition) is 0. The van der Waals surface area contributed by atoms with E-state index in [2.05, 4.69) is 0 Å². The van der Waals surface area contributed by atoms with E-state index in [1.54, 1.807) is 11.9 Å². The van der Waals surface area contributed by atoms with Crippen molar-refractivity contribution in [3.63, 3.8) is 0 Å². The summed E-state index contributed by atoms with van der Waals surface area (Å²) in [5.74, 6) is 0. The second-order valence-corrected chi connectivity index (χ2v) is 4.65. The Morgan fingerprint density at radius 3 is 1.79 bits per heavy atom. The SMILES string of the molecule is CC.CC.CN(C(=O)Cl)c1ccccc1.O=C(Cl)N1CCOCC1. The van der Waals surface area contributed by atoms with Crippen molar-refractivity contribution in [1.82, 2.24) is 4.90 Å². The summed E-state index contributed by atoms with van der Waals surface area (Å²) >= 11 is 10.4. The molecule has 0 aliphatic carbocycles. The number of morpholine rings is 1. The fourth-order valence-corrected chi connectivity index (χ4v) is 1.76. The molecule has 138 valence electrons. The minimum atomic E-state index is -0.476. The van der Waals surface area contributed by atoms with E-state index in [4.69, 9.17) is 27.9 Å². The lowest BCUT2D eigenvalue weighted by Crippen LogP contribution is -2.37. The van der Waals surface area contributed by atoms with E-state index < -0.39 is 5.37 Å². The number of para-hydroxylation sites is 1. The molecule has 1 heterocycles. The Hall–Kier alpha value is -1.30. The van der Waals surface area contributed by atoms with E-state index in [0.717, 1.165) is 5.69 Å². The molecule has 1 saturated heterocycles. The molecule has 0 bridgehead atoms. The molecule has 0 saturated carbocycles. The van der Waals surface area contributed by atoms with Gasteiger partial charge < -0.3 is 14.5 Å². The highest BCUT2D eigenvalue weighted by Gasteiger charge is 2.13. The van der Waals surface area contributed by atoms with Gasteiger partial charge in [-0.2, -0.15) is 0 Å². The summed E-state index contributed by atoms with van der Waals surface area (Å²) in [6.07, 6.45) is 0. The zero-order valence-electron chi connectivity index (χ0n) is 15.1. The molecule has 5 nitrogen and oxygen atoms in total. The van der Waals surface area contributed by atoms with Crippen molar-refractivity contribution in [2.45, 2.75) is 27.7 Å². The fourth-order valence-electron chi connectivity index (χ4n) is 1.49. The highest BCUT2D eigenvalue weighted by Crippen LogP contribution is 2.12. The molecule has 2 amide bonds. The van der Waals surface area contributed by atoms with E-state index in [0.29, 0.717) is 26.3 Å². The number of anilines is 1. The van der Waals surface area contributed by atoms with Gasteiger partial charge in [-0.25, -0.2) is 0 Å². The van der Waals surface area contributed by atoms with Crippen LogP contribution in [0, 0.1) is 0 Å². The lowest BCUT2D eigenvalue weighted by atomic mass is 10.3. The zero-order chi connectivity index (χ0) is 19.0. The Morgan fingerprint density at radius 1 is 1.00 bits per heavy atom. The molecule has 1 aliphatic heterocycles. The summed E-state index contributed by atoms with van der Waals surface area (Å²) in [6.45, 7) is 10.5. The monoisotopic (exact) mass is 378 g/mol. The molecule has 0 spiro atoms. The van der Waals surface area contributed by atoms with Gasteiger partial charge in [0.1, 0.15) is 0 Å². The lowest BCUT2D eigenvalue weighted by molar-refractivity contribution is 0.0589. The van der Waals surface area contributed by atoms with Gasteiger partial charge >= 0.3 is 10.7 Å². The van der Waals surface area contributed by atoms with Crippen LogP contribution in [0.1, 0.15) is 27.7 Å². The summed E-state index contributed by atoms with van der Waals surface area (Å²) in [5, 5.41) is -0.852. The van der Waals surface area contributed by atoms with Gasteiger partial charge in [-0.05, 0) is 35.3 Å². The van der Waals surface area contributed by atoms with Crippen molar-refractivity contribution in [2.24, 2.45) is 0 Å². The number of carbonyl (C=O) groups excluding carboxylic acids is 2. The molecule has 1 aromatic carbocycles. The third-order valence-corrected chi connectivity index (χ3v) is 3.16. The molecule has 7 heteroatoms. The number of carbonyl (C=O) groups is 2. The Morgan fingerprint density at radius 2 is 1.46 bits per heavy atom. The number of halogens is 2. The van der Waals surface area contributed by atoms with Gasteiger partial charge in [0, 0.05) is 25.8 Å². The first-order valence-electron chi connectivity index (χ1n) is 8.02. The average Bonchev–Trinajstić information content (AvgIpc) is 2.66. The Balaban J connectivity index is 0. The van der Waals surface area contributed by atoms with Crippen molar-refractivity contribution < 1.29 is 14.3 Å². The van der Waals surface area contributed by atoms with Crippen LogP contribution in [0.15, 0.2) is 30.3 Å². The van der Waals surface area contributed by atoms with Crippen LogP contribution >= 0.6 is 23.2 Å². The number of benzene rings is 1. The minimum absolute atomic E-state index is 0.377. The van der Waals surface area contributed by atoms with E-state index in [1.807, 2.05) is 58.0 Å².